The van der Waals surface area contributed by atoms with Crippen LogP contribution < -0.4 is 11.5 Å². The summed E-state index contributed by atoms with van der Waals surface area (Å²) in [6.45, 7) is 0. The van der Waals surface area contributed by atoms with Gasteiger partial charge in [0.1, 0.15) is 5.82 Å². The van der Waals surface area contributed by atoms with E-state index in [1.807, 2.05) is 0 Å². The van der Waals surface area contributed by atoms with Crippen LogP contribution in [0.25, 0.3) is 0 Å². The van der Waals surface area contributed by atoms with Crippen LogP contribution in [0.5, 0.6) is 0 Å². The number of anilines is 1. The number of carbonyl (C=O) groups is 1. The van der Waals surface area contributed by atoms with Gasteiger partial charge in [-0.15, -0.1) is 0 Å². The normalized spacial score (nSPS) is 10.6. The summed E-state index contributed by atoms with van der Waals surface area (Å²) >= 11 is 1.66. The molecule has 1 rings (SSSR count). The first-order valence-electron chi connectivity index (χ1n) is 3.47. The number of hydrogen-bond acceptors (Lipinski definition) is 3. The Morgan fingerprint density at radius 3 is 2.57 bits per heavy atom. The third kappa shape index (κ3) is 1.91. The summed E-state index contributed by atoms with van der Waals surface area (Å²) in [5.74, 6) is -0.914. The molecule has 0 aliphatic heterocycles. The molecule has 7 heteroatoms. The summed E-state index contributed by atoms with van der Waals surface area (Å²) in [6, 6.07) is 0. The molecule has 0 saturated carbocycles. The van der Waals surface area contributed by atoms with Gasteiger partial charge in [0.05, 0.1) is 14.7 Å². The van der Waals surface area contributed by atoms with Crippen molar-refractivity contribution in [2.45, 2.75) is 6.43 Å². The number of primary amides is 1. The highest BCUT2D eigenvalue weighted by atomic mass is 127. The number of nitrogen functional groups attached to an aromatic ring is 1. The molecule has 0 saturated heterocycles. The summed E-state index contributed by atoms with van der Waals surface area (Å²) in [6.07, 6.45) is -1.93. The fourth-order valence-corrected chi connectivity index (χ4v) is 1.65. The molecule has 0 radical (unpaired) electrons. The predicted molar refractivity (Wildman–Crippen MR) is 54.8 cm³/mol. The molecule has 0 bridgehead atoms. The van der Waals surface area contributed by atoms with Gasteiger partial charge in [-0.1, -0.05) is 0 Å². The monoisotopic (exact) mass is 313 g/mol. The van der Waals surface area contributed by atoms with Crippen molar-refractivity contribution in [3.8, 4) is 0 Å². The molecular weight excluding hydrogens is 307 g/mol. The number of alkyl halides is 2. The molecule has 0 unspecified atom stereocenters. The van der Waals surface area contributed by atoms with Gasteiger partial charge in [-0.2, -0.15) is 0 Å². The minimum Gasteiger partial charge on any atom is -0.383 e. The van der Waals surface area contributed by atoms with Crippen molar-refractivity contribution >= 4 is 34.3 Å². The van der Waals surface area contributed by atoms with E-state index in [4.69, 9.17) is 11.5 Å². The largest absolute Gasteiger partial charge is 0.383 e. The first-order valence-corrected chi connectivity index (χ1v) is 4.54. The minimum absolute atomic E-state index is 0.0174. The summed E-state index contributed by atoms with van der Waals surface area (Å²) in [5.41, 5.74) is 9.57. The smallest absolute Gasteiger partial charge is 0.266 e. The van der Waals surface area contributed by atoms with Crippen LogP contribution in [0.3, 0.4) is 0 Å². The van der Waals surface area contributed by atoms with E-state index < -0.39 is 17.9 Å². The number of nitrogens with two attached hydrogens (primary N) is 2. The molecular formula is C7H6F2IN3O. The number of amides is 1. The van der Waals surface area contributed by atoms with E-state index in [1.54, 1.807) is 22.6 Å². The third-order valence-corrected chi connectivity index (χ3v) is 2.65. The van der Waals surface area contributed by atoms with Gasteiger partial charge in [0.2, 0.25) is 5.91 Å². The highest BCUT2D eigenvalue weighted by Gasteiger charge is 2.21. The molecule has 1 amide bonds. The number of rotatable bonds is 2. The molecule has 0 spiro atoms. The number of carbonyl (C=O) groups excluding carboxylic acids is 1. The van der Waals surface area contributed by atoms with Gasteiger partial charge in [0.25, 0.3) is 6.43 Å². The van der Waals surface area contributed by atoms with Gasteiger partial charge >= 0.3 is 0 Å². The van der Waals surface area contributed by atoms with Crippen molar-refractivity contribution in [3.63, 3.8) is 0 Å². The van der Waals surface area contributed by atoms with Gasteiger partial charge < -0.3 is 11.5 Å². The van der Waals surface area contributed by atoms with Gasteiger partial charge in [-0.3, -0.25) is 4.79 Å². The Bertz CT molecular complexity index is 383. The van der Waals surface area contributed by atoms with Crippen molar-refractivity contribution in [1.29, 1.82) is 0 Å². The Labute approximate surface area is 91.8 Å². The van der Waals surface area contributed by atoms with E-state index in [0.29, 0.717) is 0 Å². The fourth-order valence-electron chi connectivity index (χ4n) is 0.931. The maximum atomic E-state index is 12.4. The number of nitrogens with zero attached hydrogens (tertiary/aromatic N) is 1. The van der Waals surface area contributed by atoms with Crippen LogP contribution in [0.4, 0.5) is 14.6 Å². The number of pyridine rings is 1. The highest BCUT2D eigenvalue weighted by molar-refractivity contribution is 14.1. The van der Waals surface area contributed by atoms with Crippen LogP contribution in [0.15, 0.2) is 6.20 Å². The standard InChI is InChI=1S/C7H6F2IN3O/c8-5(9)2-1-13-6(11)4(10)3(2)7(12)14/h1,5H,(H2,11,13)(H2,12,14). The molecule has 1 aromatic heterocycles. The third-order valence-electron chi connectivity index (χ3n) is 1.56. The van der Waals surface area contributed by atoms with Crippen molar-refractivity contribution in [1.82, 2.24) is 4.98 Å². The Morgan fingerprint density at radius 1 is 1.57 bits per heavy atom. The van der Waals surface area contributed by atoms with Crippen LogP contribution >= 0.6 is 22.6 Å². The van der Waals surface area contributed by atoms with Crippen LogP contribution in [0.1, 0.15) is 22.3 Å². The van der Waals surface area contributed by atoms with Gasteiger partial charge in [0, 0.05) is 6.20 Å². The lowest BCUT2D eigenvalue weighted by molar-refractivity contribution is 0.0984. The minimum atomic E-state index is -2.79. The van der Waals surface area contributed by atoms with E-state index >= 15 is 0 Å². The molecule has 0 aliphatic carbocycles. The first-order chi connectivity index (χ1) is 6.45. The van der Waals surface area contributed by atoms with Crippen LogP contribution in [-0.4, -0.2) is 10.9 Å². The zero-order chi connectivity index (χ0) is 10.9. The van der Waals surface area contributed by atoms with E-state index in [-0.39, 0.29) is 15.0 Å². The second-order valence-electron chi connectivity index (χ2n) is 2.45. The molecule has 4 N–H and O–H groups in total. The maximum absolute atomic E-state index is 12.4. The lowest BCUT2D eigenvalue weighted by atomic mass is 10.1. The summed E-state index contributed by atoms with van der Waals surface area (Å²) in [5, 5.41) is 0. The average Bonchev–Trinajstić information content (AvgIpc) is 2.08. The summed E-state index contributed by atoms with van der Waals surface area (Å²) in [4.78, 5) is 14.4. The van der Waals surface area contributed by atoms with Crippen LogP contribution in [0, 0.1) is 3.57 Å². The maximum Gasteiger partial charge on any atom is 0.266 e. The Morgan fingerprint density at radius 2 is 2.14 bits per heavy atom. The fraction of sp³-hybridized carbons (Fsp3) is 0.143. The van der Waals surface area contributed by atoms with E-state index in [9.17, 15) is 13.6 Å². The molecule has 0 fully saturated rings. The van der Waals surface area contributed by atoms with Crippen molar-refractivity contribution in [2.24, 2.45) is 5.73 Å². The van der Waals surface area contributed by atoms with E-state index in [0.717, 1.165) is 6.20 Å². The molecule has 4 nitrogen and oxygen atoms in total. The zero-order valence-electron chi connectivity index (χ0n) is 6.80. The summed E-state index contributed by atoms with van der Waals surface area (Å²) in [7, 11) is 0. The SMILES string of the molecule is NC(=O)c1c(C(F)F)cnc(N)c1I. The van der Waals surface area contributed by atoms with Gasteiger partial charge in [0.15, 0.2) is 0 Å². The lowest BCUT2D eigenvalue weighted by Crippen LogP contribution is -2.17. The first kappa shape index (κ1) is 11.1. The number of aromatic nitrogens is 1. The molecule has 0 aromatic carbocycles. The van der Waals surface area contributed by atoms with E-state index in [1.165, 1.54) is 0 Å². The van der Waals surface area contributed by atoms with Crippen LogP contribution in [-0.2, 0) is 0 Å². The molecule has 0 aliphatic rings. The van der Waals surface area contributed by atoms with Crippen LogP contribution in [0.2, 0.25) is 0 Å². The zero-order valence-corrected chi connectivity index (χ0v) is 8.96. The Kier molecular flexibility index (Phi) is 3.19. The van der Waals surface area contributed by atoms with Gasteiger partial charge in [-0.25, -0.2) is 13.8 Å². The summed E-state index contributed by atoms with van der Waals surface area (Å²) < 4.78 is 25.0. The van der Waals surface area contributed by atoms with Crippen molar-refractivity contribution < 1.29 is 13.6 Å². The van der Waals surface area contributed by atoms with Crippen molar-refractivity contribution in [2.75, 3.05) is 5.73 Å². The molecule has 1 heterocycles. The Balaban J connectivity index is 3.45. The Hall–Kier alpha value is -0.990. The average molecular weight is 313 g/mol. The number of hydrogen-bond donors (Lipinski definition) is 2. The quantitative estimate of drug-likeness (QED) is 0.808. The molecule has 1 aromatic rings. The second kappa shape index (κ2) is 4.03. The predicted octanol–water partition coefficient (Wildman–Crippen LogP) is 1.30. The topological polar surface area (TPSA) is 82.0 Å². The highest BCUT2D eigenvalue weighted by Crippen LogP contribution is 2.27. The van der Waals surface area contributed by atoms with Gasteiger partial charge in [-0.05, 0) is 22.6 Å². The van der Waals surface area contributed by atoms with Crippen molar-refractivity contribution in [3.05, 3.63) is 20.9 Å². The lowest BCUT2D eigenvalue weighted by Gasteiger charge is -2.08. The molecule has 76 valence electrons. The molecule has 0 atom stereocenters. The molecule has 14 heavy (non-hydrogen) atoms. The van der Waals surface area contributed by atoms with E-state index in [2.05, 4.69) is 4.98 Å². The second-order valence-corrected chi connectivity index (χ2v) is 3.53. The number of halogens is 3.